The molecule has 114 valence electrons. The summed E-state index contributed by atoms with van der Waals surface area (Å²) in [6, 6.07) is 8.10. The second kappa shape index (κ2) is 7.20. The Kier molecular flexibility index (Phi) is 5.56. The third-order valence-corrected chi connectivity index (χ3v) is 4.32. The average molecular weight is 352 g/mol. The van der Waals surface area contributed by atoms with E-state index in [9.17, 15) is 5.11 Å². The first-order valence-corrected chi connectivity index (χ1v) is 8.08. The van der Waals surface area contributed by atoms with Crippen molar-refractivity contribution in [2.24, 2.45) is 0 Å². The summed E-state index contributed by atoms with van der Waals surface area (Å²) in [5.41, 5.74) is 1.47. The highest BCUT2D eigenvalue weighted by Crippen LogP contribution is 2.21. The fraction of sp³-hybridized carbons (Fsp3) is 0.438. The Hall–Kier alpha value is -1.17. The Balaban J connectivity index is 1.95. The molecule has 0 amide bonds. The molecule has 0 fully saturated rings. The number of hydrogen-bond donors (Lipinski definition) is 3. The van der Waals surface area contributed by atoms with Crippen LogP contribution in [0.4, 0.5) is 0 Å². The van der Waals surface area contributed by atoms with Crippen molar-refractivity contribution in [2.75, 3.05) is 6.54 Å². The summed E-state index contributed by atoms with van der Waals surface area (Å²) in [6.07, 6.45) is 3.33. The van der Waals surface area contributed by atoms with E-state index in [1.54, 1.807) is 0 Å². The van der Waals surface area contributed by atoms with Crippen molar-refractivity contribution in [3.05, 3.63) is 40.8 Å². The van der Waals surface area contributed by atoms with Gasteiger partial charge in [0.25, 0.3) is 0 Å². The van der Waals surface area contributed by atoms with Crippen molar-refractivity contribution in [1.29, 1.82) is 0 Å². The Bertz CT molecular complexity index is 578. The molecule has 0 aliphatic rings. The van der Waals surface area contributed by atoms with Gasteiger partial charge in [0, 0.05) is 16.6 Å². The molecule has 0 saturated heterocycles. The minimum atomic E-state index is -0.625. The predicted molar refractivity (Wildman–Crippen MR) is 89.0 cm³/mol. The smallest absolute Gasteiger partial charge is 0.120 e. The molecule has 0 aliphatic carbocycles. The van der Waals surface area contributed by atoms with Crippen molar-refractivity contribution in [3.8, 4) is 11.3 Å². The lowest BCUT2D eigenvalue weighted by Crippen LogP contribution is -2.39. The number of aliphatic hydroxyl groups is 1. The van der Waals surface area contributed by atoms with Crippen LogP contribution in [0.2, 0.25) is 0 Å². The van der Waals surface area contributed by atoms with Gasteiger partial charge < -0.3 is 15.4 Å². The molecule has 0 saturated carbocycles. The van der Waals surface area contributed by atoms with Crippen LogP contribution in [0, 0.1) is 0 Å². The predicted octanol–water partition coefficient (Wildman–Crippen LogP) is 3.48. The van der Waals surface area contributed by atoms with E-state index in [1.807, 2.05) is 38.2 Å². The summed E-state index contributed by atoms with van der Waals surface area (Å²) in [4.78, 5) is 7.68. The lowest BCUT2D eigenvalue weighted by molar-refractivity contribution is 0.0321. The minimum Gasteiger partial charge on any atom is -0.389 e. The van der Waals surface area contributed by atoms with Gasteiger partial charge in [-0.1, -0.05) is 41.9 Å². The molecule has 0 radical (unpaired) electrons. The molecule has 5 heteroatoms. The molecule has 2 rings (SSSR count). The van der Waals surface area contributed by atoms with Crippen LogP contribution in [0.5, 0.6) is 0 Å². The van der Waals surface area contributed by atoms with Crippen molar-refractivity contribution in [1.82, 2.24) is 15.3 Å². The Morgan fingerprint density at radius 1 is 1.33 bits per heavy atom. The number of nitrogens with zero attached hydrogens (tertiary/aromatic N) is 1. The second-order valence-electron chi connectivity index (χ2n) is 5.29. The van der Waals surface area contributed by atoms with Gasteiger partial charge in [-0.15, -0.1) is 0 Å². The van der Waals surface area contributed by atoms with E-state index < -0.39 is 5.60 Å². The molecule has 0 bridgehead atoms. The molecule has 0 atom stereocenters. The number of nitrogens with one attached hydrogen (secondary N) is 2. The highest BCUT2D eigenvalue weighted by Gasteiger charge is 2.21. The summed E-state index contributed by atoms with van der Waals surface area (Å²) in [5, 5.41) is 13.5. The third kappa shape index (κ3) is 4.40. The van der Waals surface area contributed by atoms with Crippen LogP contribution in [0.25, 0.3) is 11.3 Å². The Labute approximate surface area is 134 Å². The summed E-state index contributed by atoms with van der Waals surface area (Å²) < 4.78 is 1.05. The van der Waals surface area contributed by atoms with Crippen molar-refractivity contribution in [2.45, 2.75) is 38.8 Å². The molecule has 3 N–H and O–H groups in total. The van der Waals surface area contributed by atoms with Crippen molar-refractivity contribution in [3.63, 3.8) is 0 Å². The number of aromatic amines is 1. The van der Waals surface area contributed by atoms with Gasteiger partial charge in [-0.3, -0.25) is 0 Å². The fourth-order valence-electron chi connectivity index (χ4n) is 2.17. The second-order valence-corrected chi connectivity index (χ2v) is 6.20. The lowest BCUT2D eigenvalue weighted by atomic mass is 9.98. The zero-order valence-corrected chi connectivity index (χ0v) is 14.1. The molecule has 0 unspecified atom stereocenters. The molecule has 21 heavy (non-hydrogen) atoms. The molecule has 1 aromatic carbocycles. The van der Waals surface area contributed by atoms with E-state index in [0.29, 0.717) is 13.1 Å². The van der Waals surface area contributed by atoms with Crippen LogP contribution in [0.1, 0.15) is 32.5 Å². The number of hydrogen-bond acceptors (Lipinski definition) is 3. The molecule has 2 aromatic rings. The van der Waals surface area contributed by atoms with E-state index in [4.69, 9.17) is 0 Å². The molecule has 0 aliphatic heterocycles. The highest BCUT2D eigenvalue weighted by atomic mass is 79.9. The number of H-pyrrole nitrogens is 1. The number of benzene rings is 1. The summed E-state index contributed by atoms with van der Waals surface area (Å²) in [7, 11) is 0. The molecule has 4 nitrogen and oxygen atoms in total. The van der Waals surface area contributed by atoms with Gasteiger partial charge in [0.15, 0.2) is 0 Å². The SMILES string of the molecule is CCC(O)(CC)CNCc1ncc(-c2cccc(Br)c2)[nH]1. The first-order chi connectivity index (χ1) is 10.1. The van der Waals surface area contributed by atoms with Crippen molar-refractivity contribution >= 4 is 15.9 Å². The van der Waals surface area contributed by atoms with Gasteiger partial charge in [-0.25, -0.2) is 4.98 Å². The number of rotatable bonds is 7. The third-order valence-electron chi connectivity index (χ3n) is 3.83. The van der Waals surface area contributed by atoms with Gasteiger partial charge in [-0.05, 0) is 25.0 Å². The van der Waals surface area contributed by atoms with Crippen molar-refractivity contribution < 1.29 is 5.11 Å². The molecular formula is C16H22BrN3O. The zero-order chi connectivity index (χ0) is 15.3. The maximum Gasteiger partial charge on any atom is 0.120 e. The van der Waals surface area contributed by atoms with Gasteiger partial charge in [0.1, 0.15) is 5.82 Å². The van der Waals surface area contributed by atoms with Gasteiger partial charge in [-0.2, -0.15) is 0 Å². The van der Waals surface area contributed by atoms with E-state index in [1.165, 1.54) is 0 Å². The summed E-state index contributed by atoms with van der Waals surface area (Å²) in [6.45, 7) is 5.20. The zero-order valence-electron chi connectivity index (χ0n) is 12.5. The normalized spacial score (nSPS) is 11.8. The van der Waals surface area contributed by atoms with Gasteiger partial charge in [0.05, 0.1) is 24.0 Å². The van der Waals surface area contributed by atoms with E-state index >= 15 is 0 Å². The van der Waals surface area contributed by atoms with Crippen LogP contribution < -0.4 is 5.32 Å². The van der Waals surface area contributed by atoms with E-state index in [2.05, 4.69) is 37.3 Å². The van der Waals surface area contributed by atoms with E-state index in [-0.39, 0.29) is 0 Å². The average Bonchev–Trinajstić information content (AvgIpc) is 2.96. The van der Waals surface area contributed by atoms with Crippen LogP contribution in [0.15, 0.2) is 34.9 Å². The standard InChI is InChI=1S/C16H22BrN3O/c1-3-16(21,4-2)11-18-10-15-19-9-14(20-15)12-6-5-7-13(17)8-12/h5-9,18,21H,3-4,10-11H2,1-2H3,(H,19,20). The molecule has 1 heterocycles. The number of halogens is 1. The number of aromatic nitrogens is 2. The van der Waals surface area contributed by atoms with Gasteiger partial charge in [0.2, 0.25) is 0 Å². The topological polar surface area (TPSA) is 60.9 Å². The van der Waals surface area contributed by atoms with Crippen LogP contribution in [-0.4, -0.2) is 27.2 Å². The Morgan fingerprint density at radius 3 is 2.76 bits per heavy atom. The van der Waals surface area contributed by atoms with Crippen LogP contribution in [0.3, 0.4) is 0 Å². The summed E-state index contributed by atoms with van der Waals surface area (Å²) in [5.74, 6) is 0.875. The maximum absolute atomic E-state index is 10.2. The first kappa shape index (κ1) is 16.2. The largest absolute Gasteiger partial charge is 0.389 e. The fourth-order valence-corrected chi connectivity index (χ4v) is 2.57. The maximum atomic E-state index is 10.2. The van der Waals surface area contributed by atoms with Gasteiger partial charge >= 0.3 is 0 Å². The number of imidazole rings is 1. The molecule has 0 spiro atoms. The summed E-state index contributed by atoms with van der Waals surface area (Å²) >= 11 is 3.47. The highest BCUT2D eigenvalue weighted by molar-refractivity contribution is 9.10. The molecular weight excluding hydrogens is 330 g/mol. The monoisotopic (exact) mass is 351 g/mol. The minimum absolute atomic E-state index is 0.576. The first-order valence-electron chi connectivity index (χ1n) is 7.29. The molecule has 1 aromatic heterocycles. The Morgan fingerprint density at radius 2 is 2.10 bits per heavy atom. The lowest BCUT2D eigenvalue weighted by Gasteiger charge is -2.25. The van der Waals surface area contributed by atoms with Crippen LogP contribution >= 0.6 is 15.9 Å². The van der Waals surface area contributed by atoms with Crippen LogP contribution in [-0.2, 0) is 6.54 Å². The van der Waals surface area contributed by atoms with E-state index in [0.717, 1.165) is 34.4 Å². The quantitative estimate of drug-likeness (QED) is 0.715.